The van der Waals surface area contributed by atoms with E-state index >= 15 is 0 Å². The van der Waals surface area contributed by atoms with E-state index in [-0.39, 0.29) is 0 Å². The van der Waals surface area contributed by atoms with Gasteiger partial charge in [0.05, 0.1) is 12.7 Å². The van der Waals surface area contributed by atoms with Crippen LogP contribution in [0.1, 0.15) is 5.56 Å². The molecule has 102 valence electrons. The number of terminal acetylenes is 1. The third kappa shape index (κ3) is 2.23. The number of methoxy groups -OCH3 is 1. The molecule has 0 bridgehead atoms. The van der Waals surface area contributed by atoms with E-state index in [2.05, 4.69) is 20.9 Å². The molecular weight excluding hydrogens is 264 g/mol. The highest BCUT2D eigenvalue weighted by atomic mass is 16.5. The second-order valence-electron chi connectivity index (χ2n) is 4.39. The minimum atomic E-state index is 0.364. The van der Waals surface area contributed by atoms with Gasteiger partial charge in [0.2, 0.25) is 0 Å². The van der Waals surface area contributed by atoms with Gasteiger partial charge < -0.3 is 10.5 Å². The highest BCUT2D eigenvalue weighted by Gasteiger charge is 2.11. The molecule has 0 aliphatic heterocycles. The minimum Gasteiger partial charge on any atom is -0.496 e. The average Bonchev–Trinajstić information content (AvgIpc) is 2.54. The number of nitrogen functional groups attached to an aromatic ring is 1. The summed E-state index contributed by atoms with van der Waals surface area (Å²) in [6.07, 6.45) is 8.77. The van der Waals surface area contributed by atoms with Crippen molar-refractivity contribution in [2.24, 2.45) is 0 Å². The van der Waals surface area contributed by atoms with E-state index in [1.54, 1.807) is 31.6 Å². The highest BCUT2D eigenvalue weighted by Crippen LogP contribution is 2.29. The van der Waals surface area contributed by atoms with E-state index in [1.165, 1.54) is 0 Å². The molecule has 0 saturated heterocycles. The number of pyridine rings is 1. The number of ether oxygens (including phenoxy) is 1. The van der Waals surface area contributed by atoms with Crippen molar-refractivity contribution in [3.8, 4) is 29.5 Å². The van der Waals surface area contributed by atoms with Crippen LogP contribution in [-0.4, -0.2) is 22.1 Å². The third-order valence-electron chi connectivity index (χ3n) is 3.13. The zero-order valence-electron chi connectivity index (χ0n) is 11.4. The van der Waals surface area contributed by atoms with Gasteiger partial charge in [0.15, 0.2) is 5.82 Å². The first-order valence-corrected chi connectivity index (χ1v) is 6.25. The van der Waals surface area contributed by atoms with Crippen LogP contribution in [0.5, 0.6) is 5.75 Å². The topological polar surface area (TPSA) is 73.9 Å². The fraction of sp³-hybridized carbons (Fsp3) is 0.0625. The van der Waals surface area contributed by atoms with E-state index in [1.807, 2.05) is 12.1 Å². The van der Waals surface area contributed by atoms with Gasteiger partial charge in [-0.2, -0.15) is 0 Å². The molecular formula is C16H12N4O. The predicted octanol–water partition coefficient (Wildman–Crippen LogP) is 2.26. The van der Waals surface area contributed by atoms with Crippen molar-refractivity contribution in [3.05, 3.63) is 42.2 Å². The monoisotopic (exact) mass is 276 g/mol. The molecule has 3 aromatic rings. The summed E-state index contributed by atoms with van der Waals surface area (Å²) in [5.41, 5.74) is 7.92. The van der Waals surface area contributed by atoms with E-state index in [9.17, 15) is 0 Å². The SMILES string of the molecule is C#Cc1ccc(OC)c(-c2ncc3ccnc(N)c3n2)c1. The van der Waals surface area contributed by atoms with Gasteiger partial charge in [-0.05, 0) is 24.3 Å². The summed E-state index contributed by atoms with van der Waals surface area (Å²) in [6.45, 7) is 0. The van der Waals surface area contributed by atoms with E-state index in [4.69, 9.17) is 16.9 Å². The van der Waals surface area contributed by atoms with Gasteiger partial charge in [0.25, 0.3) is 0 Å². The van der Waals surface area contributed by atoms with Gasteiger partial charge in [-0.1, -0.05) is 5.92 Å². The first-order chi connectivity index (χ1) is 10.2. The lowest BCUT2D eigenvalue weighted by Crippen LogP contribution is -1.98. The van der Waals surface area contributed by atoms with Crippen LogP contribution in [-0.2, 0) is 0 Å². The van der Waals surface area contributed by atoms with Crippen molar-refractivity contribution in [3.63, 3.8) is 0 Å². The average molecular weight is 276 g/mol. The molecule has 0 radical (unpaired) electrons. The Bertz CT molecular complexity index is 868. The number of hydrogen-bond acceptors (Lipinski definition) is 5. The molecule has 21 heavy (non-hydrogen) atoms. The van der Waals surface area contributed by atoms with Crippen molar-refractivity contribution < 1.29 is 4.74 Å². The number of aromatic nitrogens is 3. The second kappa shape index (κ2) is 5.10. The van der Waals surface area contributed by atoms with E-state index < -0.39 is 0 Å². The number of nitrogens with zero attached hydrogens (tertiary/aromatic N) is 3. The van der Waals surface area contributed by atoms with E-state index in [0.29, 0.717) is 22.9 Å². The zero-order chi connectivity index (χ0) is 14.8. The largest absolute Gasteiger partial charge is 0.496 e. The number of rotatable bonds is 2. The van der Waals surface area contributed by atoms with Crippen molar-refractivity contribution >= 4 is 16.7 Å². The maximum absolute atomic E-state index is 5.86. The fourth-order valence-corrected chi connectivity index (χ4v) is 2.08. The van der Waals surface area contributed by atoms with Gasteiger partial charge in [0, 0.05) is 23.3 Å². The van der Waals surface area contributed by atoms with Crippen LogP contribution in [0.2, 0.25) is 0 Å². The Balaban J connectivity index is 2.25. The maximum Gasteiger partial charge on any atom is 0.163 e. The Morgan fingerprint density at radius 2 is 2.10 bits per heavy atom. The number of anilines is 1. The molecule has 1 aromatic carbocycles. The molecule has 2 aromatic heterocycles. The lowest BCUT2D eigenvalue weighted by molar-refractivity contribution is 0.416. The summed E-state index contributed by atoms with van der Waals surface area (Å²) >= 11 is 0. The Labute approximate surface area is 121 Å². The summed E-state index contributed by atoms with van der Waals surface area (Å²) in [5, 5.41) is 0.832. The van der Waals surface area contributed by atoms with Gasteiger partial charge in [-0.15, -0.1) is 6.42 Å². The smallest absolute Gasteiger partial charge is 0.163 e. The van der Waals surface area contributed by atoms with E-state index in [0.717, 1.165) is 16.5 Å². The van der Waals surface area contributed by atoms with Gasteiger partial charge in [-0.3, -0.25) is 0 Å². The molecule has 0 unspecified atom stereocenters. The van der Waals surface area contributed by atoms with Crippen LogP contribution in [0, 0.1) is 12.3 Å². The molecule has 3 rings (SSSR count). The standard InChI is InChI=1S/C16H12N4O/c1-3-10-4-5-13(21-2)12(8-10)16-19-9-11-6-7-18-15(17)14(11)20-16/h1,4-9H,2H3,(H2,17,18). The van der Waals surface area contributed by atoms with Crippen LogP contribution in [0.15, 0.2) is 36.7 Å². The Hall–Kier alpha value is -3.13. The van der Waals surface area contributed by atoms with Crippen LogP contribution >= 0.6 is 0 Å². The van der Waals surface area contributed by atoms with Crippen LogP contribution in [0.4, 0.5) is 5.82 Å². The van der Waals surface area contributed by atoms with Gasteiger partial charge in [-0.25, -0.2) is 15.0 Å². The lowest BCUT2D eigenvalue weighted by Gasteiger charge is -2.09. The number of nitrogens with two attached hydrogens (primary N) is 1. The van der Waals surface area contributed by atoms with Gasteiger partial charge >= 0.3 is 0 Å². The molecule has 2 N–H and O–H groups in total. The normalized spacial score (nSPS) is 10.3. The minimum absolute atomic E-state index is 0.364. The number of fused-ring (bicyclic) bond motifs is 1. The predicted molar refractivity (Wildman–Crippen MR) is 81.7 cm³/mol. The lowest BCUT2D eigenvalue weighted by atomic mass is 10.1. The molecule has 5 nitrogen and oxygen atoms in total. The summed E-state index contributed by atoms with van der Waals surface area (Å²) in [7, 11) is 1.59. The highest BCUT2D eigenvalue weighted by molar-refractivity contribution is 5.87. The fourth-order valence-electron chi connectivity index (χ4n) is 2.08. The summed E-state index contributed by atoms with van der Waals surface area (Å²) in [5.74, 6) is 4.10. The molecule has 5 heteroatoms. The molecule has 0 amide bonds. The van der Waals surface area contributed by atoms with Crippen molar-refractivity contribution in [1.82, 2.24) is 15.0 Å². The van der Waals surface area contributed by atoms with Crippen molar-refractivity contribution in [1.29, 1.82) is 0 Å². The summed E-state index contributed by atoms with van der Waals surface area (Å²) in [6, 6.07) is 7.22. The molecule has 2 heterocycles. The molecule has 0 spiro atoms. The Morgan fingerprint density at radius 3 is 2.86 bits per heavy atom. The van der Waals surface area contributed by atoms with Crippen LogP contribution in [0.25, 0.3) is 22.3 Å². The summed E-state index contributed by atoms with van der Waals surface area (Å²) < 4.78 is 5.35. The van der Waals surface area contributed by atoms with Crippen LogP contribution < -0.4 is 10.5 Å². The first-order valence-electron chi connectivity index (χ1n) is 6.25. The maximum atomic E-state index is 5.86. The Kier molecular flexibility index (Phi) is 3.13. The van der Waals surface area contributed by atoms with Gasteiger partial charge in [0.1, 0.15) is 17.1 Å². The van der Waals surface area contributed by atoms with Crippen molar-refractivity contribution in [2.75, 3.05) is 12.8 Å². The molecule has 0 aliphatic carbocycles. The summed E-state index contributed by atoms with van der Waals surface area (Å²) in [4.78, 5) is 12.9. The molecule has 0 fully saturated rings. The second-order valence-corrected chi connectivity index (χ2v) is 4.39. The van der Waals surface area contributed by atoms with Crippen molar-refractivity contribution in [2.45, 2.75) is 0 Å². The zero-order valence-corrected chi connectivity index (χ0v) is 11.4. The number of benzene rings is 1. The Morgan fingerprint density at radius 1 is 1.24 bits per heavy atom. The first kappa shape index (κ1) is 12.9. The number of hydrogen-bond donors (Lipinski definition) is 1. The third-order valence-corrected chi connectivity index (χ3v) is 3.13. The molecule has 0 atom stereocenters. The quantitative estimate of drug-likeness (QED) is 0.727. The molecule has 0 aliphatic rings. The van der Waals surface area contributed by atoms with Crippen LogP contribution in [0.3, 0.4) is 0 Å². The molecule has 0 saturated carbocycles.